The molecule has 3 aromatic heterocycles. The monoisotopic (exact) mass is 498 g/mol. The van der Waals surface area contributed by atoms with E-state index in [0.29, 0.717) is 6.04 Å². The van der Waals surface area contributed by atoms with Gasteiger partial charge < -0.3 is 15.5 Å². The smallest absolute Gasteiger partial charge is 0.225 e. The molecule has 8 heteroatoms. The van der Waals surface area contributed by atoms with E-state index in [4.69, 9.17) is 10.1 Å². The molecule has 0 spiro atoms. The number of nitrogens with zero attached hydrogens (tertiary/aromatic N) is 6. The van der Waals surface area contributed by atoms with E-state index < -0.39 is 0 Å². The number of fused-ring (bicyclic) bond motifs is 1. The Balaban J connectivity index is 1.26. The molecule has 0 saturated carbocycles. The minimum atomic E-state index is 0.512. The second-order valence-electron chi connectivity index (χ2n) is 10.1. The van der Waals surface area contributed by atoms with Crippen molar-refractivity contribution in [3.8, 4) is 11.1 Å². The largest absolute Gasteiger partial charge is 0.369 e. The zero-order valence-corrected chi connectivity index (χ0v) is 22.5. The van der Waals surface area contributed by atoms with Crippen LogP contribution in [0, 0.1) is 20.8 Å². The first-order valence-corrected chi connectivity index (χ1v) is 13.5. The average Bonchev–Trinajstić information content (AvgIpc) is 3.23. The van der Waals surface area contributed by atoms with E-state index in [-0.39, 0.29) is 0 Å². The van der Waals surface area contributed by atoms with Crippen LogP contribution in [0.2, 0.25) is 0 Å². The third-order valence-corrected chi connectivity index (χ3v) is 7.17. The second-order valence-corrected chi connectivity index (χ2v) is 10.1. The van der Waals surface area contributed by atoms with Crippen molar-refractivity contribution in [3.63, 3.8) is 0 Å². The second kappa shape index (κ2) is 11.3. The maximum Gasteiger partial charge on any atom is 0.225 e. The molecule has 2 N–H and O–H groups in total. The first kappa shape index (κ1) is 25.1. The van der Waals surface area contributed by atoms with E-state index in [1.165, 1.54) is 16.7 Å². The number of nitrogens with one attached hydrogen (secondary N) is 2. The van der Waals surface area contributed by atoms with Gasteiger partial charge in [0.25, 0.3) is 0 Å². The van der Waals surface area contributed by atoms with Crippen molar-refractivity contribution < 1.29 is 0 Å². The molecule has 37 heavy (non-hydrogen) atoms. The predicted molar refractivity (Wildman–Crippen MR) is 150 cm³/mol. The van der Waals surface area contributed by atoms with Gasteiger partial charge in [-0.3, -0.25) is 0 Å². The summed E-state index contributed by atoms with van der Waals surface area (Å²) in [5, 5.41) is 12.3. The molecule has 194 valence electrons. The van der Waals surface area contributed by atoms with Crippen LogP contribution in [0.3, 0.4) is 0 Å². The molecule has 0 aliphatic carbocycles. The van der Waals surface area contributed by atoms with Crippen LogP contribution in [0.25, 0.3) is 16.8 Å². The predicted octanol–water partition coefficient (Wildman–Crippen LogP) is 4.73. The Labute approximate surface area is 219 Å². The summed E-state index contributed by atoms with van der Waals surface area (Å²) < 4.78 is 1.99. The van der Waals surface area contributed by atoms with Gasteiger partial charge in [0.1, 0.15) is 5.82 Å². The first-order valence-electron chi connectivity index (χ1n) is 13.5. The van der Waals surface area contributed by atoms with Gasteiger partial charge in [-0.05, 0) is 57.2 Å². The van der Waals surface area contributed by atoms with E-state index in [1.54, 1.807) is 0 Å². The van der Waals surface area contributed by atoms with Crippen LogP contribution in [-0.2, 0) is 6.42 Å². The Bertz CT molecular complexity index is 1340. The fourth-order valence-electron chi connectivity index (χ4n) is 5.30. The molecule has 0 unspecified atom stereocenters. The Hall–Kier alpha value is -3.52. The highest BCUT2D eigenvalue weighted by molar-refractivity contribution is 5.83. The van der Waals surface area contributed by atoms with Gasteiger partial charge in [-0.1, -0.05) is 37.1 Å². The summed E-state index contributed by atoms with van der Waals surface area (Å²) in [5.74, 6) is 1.84. The number of hydrogen-bond donors (Lipinski definition) is 2. The molecule has 0 amide bonds. The fraction of sp³-hybridized carbons (Fsp3) is 0.448. The number of aryl methyl sites for hydroxylation is 4. The van der Waals surface area contributed by atoms with Crippen molar-refractivity contribution in [2.24, 2.45) is 0 Å². The van der Waals surface area contributed by atoms with Crippen molar-refractivity contribution in [1.29, 1.82) is 0 Å². The van der Waals surface area contributed by atoms with Gasteiger partial charge in [-0.15, -0.1) is 0 Å². The molecule has 0 radical (unpaired) electrons. The normalized spacial score (nSPS) is 14.4. The van der Waals surface area contributed by atoms with Crippen molar-refractivity contribution in [3.05, 3.63) is 65.2 Å². The molecule has 0 bridgehead atoms. The number of benzene rings is 1. The number of anilines is 2. The summed E-state index contributed by atoms with van der Waals surface area (Å²) in [6.07, 6.45) is 7.82. The van der Waals surface area contributed by atoms with E-state index in [0.717, 1.165) is 86.2 Å². The number of hydrogen-bond acceptors (Lipinski definition) is 7. The highest BCUT2D eigenvalue weighted by Gasteiger charge is 2.21. The highest BCUT2D eigenvalue weighted by Crippen LogP contribution is 2.32. The van der Waals surface area contributed by atoms with Crippen LogP contribution in [-0.4, -0.2) is 56.8 Å². The summed E-state index contributed by atoms with van der Waals surface area (Å²) in [6.45, 7) is 12.3. The van der Waals surface area contributed by atoms with Crippen LogP contribution in [0.4, 0.5) is 11.8 Å². The lowest BCUT2D eigenvalue weighted by Crippen LogP contribution is -2.44. The molecule has 5 rings (SSSR count). The summed E-state index contributed by atoms with van der Waals surface area (Å²) in [7, 11) is 0. The molecular weight excluding hydrogens is 460 g/mol. The van der Waals surface area contributed by atoms with E-state index >= 15 is 0 Å². The molecule has 1 aromatic carbocycles. The summed E-state index contributed by atoms with van der Waals surface area (Å²) in [6, 6.07) is 11.1. The van der Waals surface area contributed by atoms with E-state index in [1.807, 2.05) is 23.0 Å². The molecule has 4 aromatic rings. The molecule has 4 heterocycles. The number of piperidine rings is 1. The molecule has 8 nitrogen and oxygen atoms in total. The lowest BCUT2D eigenvalue weighted by molar-refractivity contribution is 0.418. The Morgan fingerprint density at radius 3 is 2.51 bits per heavy atom. The highest BCUT2D eigenvalue weighted by atomic mass is 15.3. The Kier molecular flexibility index (Phi) is 7.65. The SMILES string of the molecule is CCCc1cc(NCCNC2CCN(c3ncccn3)CC2)n2nc(C)c(-c3ccc(C)cc3C)c2n1. The van der Waals surface area contributed by atoms with Gasteiger partial charge in [-0.2, -0.15) is 9.61 Å². The van der Waals surface area contributed by atoms with Gasteiger partial charge >= 0.3 is 0 Å². The third-order valence-electron chi connectivity index (χ3n) is 7.17. The van der Waals surface area contributed by atoms with Crippen LogP contribution >= 0.6 is 0 Å². The maximum absolute atomic E-state index is 5.05. The summed E-state index contributed by atoms with van der Waals surface area (Å²) in [5.41, 5.74) is 7.90. The summed E-state index contributed by atoms with van der Waals surface area (Å²) >= 11 is 0. The van der Waals surface area contributed by atoms with Crippen molar-refractivity contribution >= 4 is 17.4 Å². The van der Waals surface area contributed by atoms with Gasteiger partial charge in [-0.25, -0.2) is 15.0 Å². The van der Waals surface area contributed by atoms with Crippen molar-refractivity contribution in [1.82, 2.24) is 29.9 Å². The molecule has 0 atom stereocenters. The van der Waals surface area contributed by atoms with Gasteiger partial charge in [0.15, 0.2) is 5.65 Å². The lowest BCUT2D eigenvalue weighted by atomic mass is 9.99. The maximum atomic E-state index is 5.05. The lowest BCUT2D eigenvalue weighted by Gasteiger charge is -2.32. The zero-order chi connectivity index (χ0) is 25.8. The van der Waals surface area contributed by atoms with Gasteiger partial charge in [0.05, 0.1) is 5.69 Å². The minimum Gasteiger partial charge on any atom is -0.369 e. The third kappa shape index (κ3) is 5.59. The number of aromatic nitrogens is 5. The average molecular weight is 499 g/mol. The van der Waals surface area contributed by atoms with Crippen LogP contribution < -0.4 is 15.5 Å². The molecular formula is C29H38N8. The molecule has 1 saturated heterocycles. The van der Waals surface area contributed by atoms with Crippen LogP contribution in [0.5, 0.6) is 0 Å². The topological polar surface area (TPSA) is 83.3 Å². The van der Waals surface area contributed by atoms with Gasteiger partial charge in [0.2, 0.25) is 5.95 Å². The number of rotatable bonds is 9. The molecule has 1 aliphatic heterocycles. The quantitative estimate of drug-likeness (QED) is 0.323. The Morgan fingerprint density at radius 1 is 1.00 bits per heavy atom. The van der Waals surface area contributed by atoms with Crippen molar-refractivity contribution in [2.45, 2.75) is 59.4 Å². The van der Waals surface area contributed by atoms with E-state index in [2.05, 4.69) is 77.5 Å². The van der Waals surface area contributed by atoms with Crippen molar-refractivity contribution in [2.75, 3.05) is 36.4 Å². The minimum absolute atomic E-state index is 0.512. The Morgan fingerprint density at radius 2 is 1.78 bits per heavy atom. The van der Waals surface area contributed by atoms with E-state index in [9.17, 15) is 0 Å². The first-order chi connectivity index (χ1) is 18.0. The summed E-state index contributed by atoms with van der Waals surface area (Å²) in [4.78, 5) is 16.1. The van der Waals surface area contributed by atoms with Crippen LogP contribution in [0.1, 0.15) is 48.7 Å². The van der Waals surface area contributed by atoms with Gasteiger partial charge in [0, 0.05) is 61.9 Å². The fourth-order valence-corrected chi connectivity index (χ4v) is 5.30. The molecule has 1 fully saturated rings. The standard InChI is InChI=1S/C29H38N8/c1-5-7-24-19-26(31-15-14-30-23-10-16-36(17-11-23)29-32-12-6-13-33-29)37-28(34-24)27(22(4)35-37)25-9-8-20(2)18-21(25)3/h6,8-9,12-13,18-19,23,30-31H,5,7,10-11,14-17H2,1-4H3. The van der Waals surface area contributed by atoms with Crippen LogP contribution in [0.15, 0.2) is 42.7 Å². The zero-order valence-electron chi connectivity index (χ0n) is 22.5. The molecule has 1 aliphatic rings.